The first-order chi connectivity index (χ1) is 17.6. The molecule has 198 valence electrons. The summed E-state index contributed by atoms with van der Waals surface area (Å²) < 4.78 is 98.0. The molecule has 4 unspecified atom stereocenters. The van der Waals surface area contributed by atoms with E-state index in [1.54, 1.807) is 0 Å². The lowest BCUT2D eigenvalue weighted by Crippen LogP contribution is -2.30. The number of hydrogen-bond acceptors (Lipinski definition) is 1. The quantitative estimate of drug-likeness (QED) is 0.216. The summed E-state index contributed by atoms with van der Waals surface area (Å²) in [5, 5.41) is 0. The highest BCUT2D eigenvalue weighted by Gasteiger charge is 2.36. The zero-order valence-electron chi connectivity index (χ0n) is 20.1. The smallest absolute Gasteiger partial charge is 0.403 e. The highest BCUT2D eigenvalue weighted by molar-refractivity contribution is 5.47. The Morgan fingerprint density at radius 3 is 2.24 bits per heavy atom. The van der Waals surface area contributed by atoms with Gasteiger partial charge in [-0.1, -0.05) is 24.3 Å². The van der Waals surface area contributed by atoms with Gasteiger partial charge in [-0.05, 0) is 98.4 Å². The molecule has 2 aliphatic rings. The first-order valence-corrected chi connectivity index (χ1v) is 12.4. The molecule has 0 spiro atoms. The molecule has 8 heteroatoms. The largest absolute Gasteiger partial charge is 0.573 e. The standard InChI is InChI=1S/C29H27F7O/c1-2-3-4-17-5-6-20-14-21(8-7-19(20)13-17)22-15-24(30)23(25(31)16-22)11-9-18-10-12-26(28(33)27(18)32)37-29(34,35)36/h2,10,12,15-17,19-21H,1,3-8,13-14H2. The Kier molecular flexibility index (Phi) is 8.20. The van der Waals surface area contributed by atoms with Crippen LogP contribution in [0.3, 0.4) is 0 Å². The Morgan fingerprint density at radius 2 is 1.57 bits per heavy atom. The monoisotopic (exact) mass is 524 g/mol. The summed E-state index contributed by atoms with van der Waals surface area (Å²) in [6.07, 6.45) is 5.15. The third-order valence-corrected chi connectivity index (χ3v) is 7.63. The second-order valence-corrected chi connectivity index (χ2v) is 9.97. The van der Waals surface area contributed by atoms with Gasteiger partial charge in [0.2, 0.25) is 5.82 Å². The van der Waals surface area contributed by atoms with E-state index in [4.69, 9.17) is 0 Å². The van der Waals surface area contributed by atoms with E-state index in [2.05, 4.69) is 23.2 Å². The molecule has 0 aromatic heterocycles. The van der Waals surface area contributed by atoms with Crippen molar-refractivity contribution in [1.82, 2.24) is 0 Å². The molecule has 1 nitrogen and oxygen atoms in total. The minimum atomic E-state index is -5.21. The average Bonchev–Trinajstić information content (AvgIpc) is 2.85. The molecule has 0 bridgehead atoms. The predicted octanol–water partition coefficient (Wildman–Crippen LogP) is 8.81. The van der Waals surface area contributed by atoms with Gasteiger partial charge in [-0.2, -0.15) is 4.39 Å². The predicted molar refractivity (Wildman–Crippen MR) is 126 cm³/mol. The van der Waals surface area contributed by atoms with Gasteiger partial charge in [0, 0.05) is 0 Å². The maximum Gasteiger partial charge on any atom is 0.573 e. The van der Waals surface area contributed by atoms with E-state index in [9.17, 15) is 30.7 Å². The Balaban J connectivity index is 1.47. The fourth-order valence-corrected chi connectivity index (χ4v) is 5.81. The van der Waals surface area contributed by atoms with Gasteiger partial charge in [0.25, 0.3) is 0 Å². The van der Waals surface area contributed by atoms with Crippen molar-refractivity contribution >= 4 is 0 Å². The molecular formula is C29H27F7O. The molecule has 0 radical (unpaired) electrons. The van der Waals surface area contributed by atoms with Crippen LogP contribution >= 0.6 is 0 Å². The lowest BCUT2D eigenvalue weighted by Gasteiger charge is -2.42. The number of alkyl halides is 3. The molecule has 0 saturated heterocycles. The highest BCUT2D eigenvalue weighted by Crippen LogP contribution is 2.48. The summed E-state index contributed by atoms with van der Waals surface area (Å²) in [6.45, 7) is 3.80. The average molecular weight is 525 g/mol. The molecule has 2 aromatic carbocycles. The molecule has 2 fully saturated rings. The Morgan fingerprint density at radius 1 is 0.892 bits per heavy atom. The Hall–Kier alpha value is -2.95. The molecule has 0 N–H and O–H groups in total. The molecule has 2 aliphatic carbocycles. The van der Waals surface area contributed by atoms with Gasteiger partial charge < -0.3 is 4.74 Å². The molecule has 4 atom stereocenters. The Bertz CT molecular complexity index is 1180. The molecule has 0 heterocycles. The van der Waals surface area contributed by atoms with Crippen molar-refractivity contribution in [2.75, 3.05) is 0 Å². The van der Waals surface area contributed by atoms with E-state index < -0.39 is 46.5 Å². The topological polar surface area (TPSA) is 9.23 Å². The van der Waals surface area contributed by atoms with Crippen LogP contribution in [-0.2, 0) is 0 Å². The summed E-state index contributed by atoms with van der Waals surface area (Å²) >= 11 is 0. The van der Waals surface area contributed by atoms with Crippen LogP contribution in [0.1, 0.15) is 74.0 Å². The highest BCUT2D eigenvalue weighted by atomic mass is 19.4. The van der Waals surface area contributed by atoms with Crippen LogP contribution in [0, 0.1) is 52.9 Å². The second kappa shape index (κ2) is 11.2. The Labute approximate surface area is 211 Å². The van der Waals surface area contributed by atoms with Crippen molar-refractivity contribution in [2.24, 2.45) is 17.8 Å². The summed E-state index contributed by atoms with van der Waals surface area (Å²) in [5.74, 6) is -0.621. The van der Waals surface area contributed by atoms with E-state index in [-0.39, 0.29) is 5.92 Å². The number of halogens is 7. The van der Waals surface area contributed by atoms with Crippen LogP contribution in [0.4, 0.5) is 30.7 Å². The summed E-state index contributed by atoms with van der Waals surface area (Å²) in [5.41, 5.74) is -0.717. The van der Waals surface area contributed by atoms with Gasteiger partial charge >= 0.3 is 6.36 Å². The SMILES string of the molecule is C=CCCC1CCC2CC(c3cc(F)c(C#Cc4ccc(OC(F)(F)F)c(F)c4F)c(F)c3)CCC2C1. The zero-order valence-corrected chi connectivity index (χ0v) is 20.1. The van der Waals surface area contributed by atoms with Gasteiger partial charge in [0.15, 0.2) is 11.6 Å². The van der Waals surface area contributed by atoms with Crippen LogP contribution in [0.2, 0.25) is 0 Å². The van der Waals surface area contributed by atoms with Crippen molar-refractivity contribution in [1.29, 1.82) is 0 Å². The summed E-state index contributed by atoms with van der Waals surface area (Å²) in [7, 11) is 0. The number of benzene rings is 2. The van der Waals surface area contributed by atoms with Crippen LogP contribution in [0.25, 0.3) is 0 Å². The number of fused-ring (bicyclic) bond motifs is 1. The minimum absolute atomic E-state index is 0.0321. The minimum Gasteiger partial charge on any atom is -0.403 e. The van der Waals surface area contributed by atoms with Crippen molar-refractivity contribution < 1.29 is 35.5 Å². The van der Waals surface area contributed by atoms with E-state index in [1.807, 2.05) is 6.08 Å². The molecule has 37 heavy (non-hydrogen) atoms. The van der Waals surface area contributed by atoms with Crippen molar-refractivity contribution in [3.8, 4) is 17.6 Å². The number of allylic oxidation sites excluding steroid dienone is 1. The van der Waals surface area contributed by atoms with Crippen molar-refractivity contribution in [3.63, 3.8) is 0 Å². The van der Waals surface area contributed by atoms with Gasteiger partial charge in [0.05, 0.1) is 11.1 Å². The lowest BCUT2D eigenvalue weighted by molar-refractivity contribution is -0.275. The van der Waals surface area contributed by atoms with Crippen LogP contribution in [0.5, 0.6) is 5.75 Å². The maximum absolute atomic E-state index is 14.8. The lowest BCUT2D eigenvalue weighted by atomic mass is 9.63. The second-order valence-electron chi connectivity index (χ2n) is 9.97. The van der Waals surface area contributed by atoms with E-state index in [0.717, 1.165) is 50.5 Å². The molecule has 2 aromatic rings. The first kappa shape index (κ1) is 27.1. The van der Waals surface area contributed by atoms with Gasteiger partial charge in [-0.3, -0.25) is 0 Å². The molecule has 4 rings (SSSR count). The summed E-state index contributed by atoms with van der Waals surface area (Å²) in [6, 6.07) is 3.78. The van der Waals surface area contributed by atoms with Gasteiger partial charge in [0.1, 0.15) is 11.6 Å². The number of hydrogen-bond donors (Lipinski definition) is 0. The van der Waals surface area contributed by atoms with Crippen molar-refractivity contribution in [3.05, 3.63) is 76.9 Å². The summed E-state index contributed by atoms with van der Waals surface area (Å²) in [4.78, 5) is 0. The van der Waals surface area contributed by atoms with Crippen LogP contribution in [0.15, 0.2) is 36.9 Å². The van der Waals surface area contributed by atoms with Gasteiger partial charge in [-0.25, -0.2) is 13.2 Å². The molecule has 0 amide bonds. The van der Waals surface area contributed by atoms with Crippen LogP contribution in [-0.4, -0.2) is 6.36 Å². The van der Waals surface area contributed by atoms with E-state index >= 15 is 0 Å². The first-order valence-electron chi connectivity index (χ1n) is 12.4. The molecule has 0 aliphatic heterocycles. The maximum atomic E-state index is 14.8. The van der Waals surface area contributed by atoms with Crippen molar-refractivity contribution in [2.45, 2.75) is 63.6 Å². The zero-order chi connectivity index (χ0) is 26.7. The van der Waals surface area contributed by atoms with E-state index in [0.29, 0.717) is 23.5 Å². The number of ether oxygens (including phenoxy) is 1. The molecular weight excluding hydrogens is 497 g/mol. The van der Waals surface area contributed by atoms with Gasteiger partial charge in [-0.15, -0.1) is 19.8 Å². The third-order valence-electron chi connectivity index (χ3n) is 7.63. The van der Waals surface area contributed by atoms with Crippen LogP contribution < -0.4 is 4.74 Å². The fraction of sp³-hybridized carbons (Fsp3) is 0.448. The van der Waals surface area contributed by atoms with E-state index in [1.165, 1.54) is 25.0 Å². The molecule has 2 saturated carbocycles. The third kappa shape index (κ3) is 6.49. The fourth-order valence-electron chi connectivity index (χ4n) is 5.81. The normalized spacial score (nSPS) is 23.5. The number of rotatable bonds is 5.